The van der Waals surface area contributed by atoms with Crippen LogP contribution in [0.4, 0.5) is 30.7 Å². The first kappa shape index (κ1) is 12.2. The summed E-state index contributed by atoms with van der Waals surface area (Å²) in [4.78, 5) is 0. The average Bonchev–Trinajstić information content (AvgIpc) is 1.52. The van der Waals surface area contributed by atoms with Gasteiger partial charge in [0.05, 0.1) is 0 Å². The molecule has 0 aliphatic carbocycles. The van der Waals surface area contributed by atoms with Crippen molar-refractivity contribution in [1.82, 2.24) is 0 Å². The molecule has 0 N–H and O–H groups in total. The lowest BCUT2D eigenvalue weighted by molar-refractivity contribution is -0.228. The highest BCUT2D eigenvalue weighted by atomic mass is 127. The van der Waals surface area contributed by atoms with Crippen molar-refractivity contribution in [3.05, 3.63) is 0 Å². The van der Waals surface area contributed by atoms with Crippen LogP contribution in [0.25, 0.3) is 0 Å². The van der Waals surface area contributed by atoms with Crippen LogP contribution in [0, 0.1) is 0 Å². The second-order valence-corrected chi connectivity index (χ2v) is 3.35. The van der Waals surface area contributed by atoms with Gasteiger partial charge in [0.2, 0.25) is 0 Å². The number of alkyl halides is 8. The summed E-state index contributed by atoms with van der Waals surface area (Å²) >= 11 is -0.0239. The van der Waals surface area contributed by atoms with E-state index in [2.05, 4.69) is 0 Å². The molecule has 0 nitrogen and oxygen atoms in total. The van der Waals surface area contributed by atoms with Crippen LogP contribution in [0.2, 0.25) is 0 Å². The van der Waals surface area contributed by atoms with Gasteiger partial charge in [-0.05, 0) is 0 Å². The third kappa shape index (κ3) is 3.76. The molecular formula is C4H2F7I. The van der Waals surface area contributed by atoms with E-state index >= 15 is 0 Å². The molecule has 0 rings (SSSR count). The zero-order valence-electron chi connectivity index (χ0n) is 5.23. The highest BCUT2D eigenvalue weighted by Gasteiger charge is 2.59. The first-order valence-electron chi connectivity index (χ1n) is 2.47. The number of halogens is 8. The number of hydrogen-bond donors (Lipinski definition) is 0. The Morgan fingerprint density at radius 1 is 0.833 bits per heavy atom. The maximum atomic E-state index is 11.9. The van der Waals surface area contributed by atoms with E-state index in [1.54, 1.807) is 0 Å². The zero-order valence-corrected chi connectivity index (χ0v) is 7.39. The van der Waals surface area contributed by atoms with E-state index in [0.717, 1.165) is 0 Å². The topological polar surface area (TPSA) is 0 Å². The Balaban J connectivity index is 4.44. The Morgan fingerprint density at radius 2 is 1.17 bits per heavy atom. The first-order valence-corrected chi connectivity index (χ1v) is 3.55. The van der Waals surface area contributed by atoms with Gasteiger partial charge in [0, 0.05) is 22.6 Å². The van der Waals surface area contributed by atoms with Crippen LogP contribution in [0.3, 0.4) is 0 Å². The smallest absolute Gasteiger partial charge is 0.199 e. The second-order valence-electron chi connectivity index (χ2n) is 1.99. The summed E-state index contributed by atoms with van der Waals surface area (Å²) in [5.74, 6) is -5.05. The van der Waals surface area contributed by atoms with Gasteiger partial charge < -0.3 is 0 Å². The van der Waals surface area contributed by atoms with Crippen molar-refractivity contribution in [2.45, 2.75) is 22.4 Å². The van der Waals surface area contributed by atoms with Gasteiger partial charge in [-0.2, -0.15) is 30.7 Å². The van der Waals surface area contributed by atoms with Crippen LogP contribution in [-0.4, -0.2) is 16.0 Å². The molecule has 0 bridgehead atoms. The van der Waals surface area contributed by atoms with Crippen molar-refractivity contribution in [2.24, 2.45) is 0 Å². The Morgan fingerprint density at radius 3 is 1.25 bits per heavy atom. The average molecular weight is 310 g/mol. The van der Waals surface area contributed by atoms with Crippen molar-refractivity contribution >= 4 is 22.6 Å². The van der Waals surface area contributed by atoms with Crippen molar-refractivity contribution < 1.29 is 30.7 Å². The first-order chi connectivity index (χ1) is 4.96. The molecule has 74 valence electrons. The van der Waals surface area contributed by atoms with Crippen molar-refractivity contribution in [1.29, 1.82) is 0 Å². The molecule has 0 aliphatic heterocycles. The predicted octanol–water partition coefficient (Wildman–Crippen LogP) is 3.60. The number of hydrogen-bond acceptors (Lipinski definition) is 0. The van der Waals surface area contributed by atoms with Gasteiger partial charge in [0.1, 0.15) is 6.42 Å². The summed E-state index contributed by atoms with van der Waals surface area (Å²) < 4.78 is 76.5. The summed E-state index contributed by atoms with van der Waals surface area (Å²) in [5, 5.41) is 0. The highest BCUT2D eigenvalue weighted by Crippen LogP contribution is 2.45. The Kier molecular flexibility index (Phi) is 3.25. The Hall–Kier alpha value is 0.240. The van der Waals surface area contributed by atoms with Crippen LogP contribution < -0.4 is 0 Å². The quantitative estimate of drug-likeness (QED) is 0.415. The lowest BCUT2D eigenvalue weighted by atomic mass is 10.2. The standard InChI is InChI=1S/C4H2F7I/c5-2(6,4(10,11)12)1-3(7,8)9/h1H2. The Labute approximate surface area is 76.3 Å². The SMILES string of the molecule is FC(F)(F)CC(F)(F)C(F)(F)I. The molecule has 0 saturated heterocycles. The lowest BCUT2D eigenvalue weighted by Crippen LogP contribution is -2.39. The van der Waals surface area contributed by atoms with E-state index in [1.807, 2.05) is 0 Å². The van der Waals surface area contributed by atoms with E-state index in [-0.39, 0.29) is 22.6 Å². The monoisotopic (exact) mass is 310 g/mol. The van der Waals surface area contributed by atoms with Crippen molar-refractivity contribution in [3.8, 4) is 0 Å². The zero-order chi connectivity index (χ0) is 10.2. The van der Waals surface area contributed by atoms with Crippen LogP contribution in [0.5, 0.6) is 0 Å². The molecule has 0 aromatic heterocycles. The summed E-state index contributed by atoms with van der Waals surface area (Å²) in [6.45, 7) is 0. The van der Waals surface area contributed by atoms with E-state index in [4.69, 9.17) is 0 Å². The molecule has 0 spiro atoms. The molecule has 8 heteroatoms. The summed E-state index contributed by atoms with van der Waals surface area (Å²) in [6.07, 6.45) is -8.10. The molecule has 0 unspecified atom stereocenters. The highest BCUT2D eigenvalue weighted by molar-refractivity contribution is 14.1. The summed E-state index contributed by atoms with van der Waals surface area (Å²) in [7, 11) is 0. The molecule has 0 aromatic rings. The molecule has 0 fully saturated rings. The third-order valence-corrected chi connectivity index (χ3v) is 1.63. The van der Waals surface area contributed by atoms with Gasteiger partial charge in [-0.15, -0.1) is 0 Å². The van der Waals surface area contributed by atoms with Gasteiger partial charge in [-0.25, -0.2) is 0 Å². The lowest BCUT2D eigenvalue weighted by Gasteiger charge is -2.22. The Bertz CT molecular complexity index is 154. The molecular weight excluding hydrogens is 308 g/mol. The maximum absolute atomic E-state index is 11.9. The maximum Gasteiger partial charge on any atom is 0.395 e. The van der Waals surface area contributed by atoms with Crippen LogP contribution in [-0.2, 0) is 0 Å². The van der Waals surface area contributed by atoms with Gasteiger partial charge in [0.15, 0.2) is 0 Å². The molecule has 0 radical (unpaired) electrons. The molecule has 0 aliphatic rings. The molecule has 0 aromatic carbocycles. The van der Waals surface area contributed by atoms with Gasteiger partial charge in [0.25, 0.3) is 0 Å². The van der Waals surface area contributed by atoms with E-state index in [0.29, 0.717) is 0 Å². The molecule has 0 saturated carbocycles. The summed E-state index contributed by atoms with van der Waals surface area (Å²) in [5.41, 5.74) is 0. The van der Waals surface area contributed by atoms with Gasteiger partial charge in [-0.1, -0.05) is 0 Å². The normalized spacial score (nSPS) is 15.0. The van der Waals surface area contributed by atoms with E-state index in [9.17, 15) is 30.7 Å². The van der Waals surface area contributed by atoms with Crippen LogP contribution >= 0.6 is 22.6 Å². The molecule has 0 heterocycles. The van der Waals surface area contributed by atoms with Crippen LogP contribution in [0.15, 0.2) is 0 Å². The van der Waals surface area contributed by atoms with Crippen molar-refractivity contribution in [2.75, 3.05) is 0 Å². The minimum absolute atomic E-state index is 0.0239. The van der Waals surface area contributed by atoms with Gasteiger partial charge >= 0.3 is 16.0 Å². The van der Waals surface area contributed by atoms with E-state index in [1.165, 1.54) is 0 Å². The minimum Gasteiger partial charge on any atom is -0.199 e. The van der Waals surface area contributed by atoms with Crippen molar-refractivity contribution in [3.63, 3.8) is 0 Å². The molecule has 12 heavy (non-hydrogen) atoms. The largest absolute Gasteiger partial charge is 0.395 e. The van der Waals surface area contributed by atoms with Gasteiger partial charge in [-0.3, -0.25) is 0 Å². The van der Waals surface area contributed by atoms with Crippen LogP contribution in [0.1, 0.15) is 6.42 Å². The third-order valence-electron chi connectivity index (χ3n) is 0.837. The molecule has 0 atom stereocenters. The fourth-order valence-corrected chi connectivity index (χ4v) is 0.543. The predicted molar refractivity (Wildman–Crippen MR) is 34.6 cm³/mol. The number of rotatable bonds is 2. The molecule has 0 amide bonds. The van der Waals surface area contributed by atoms with E-state index < -0.39 is 22.4 Å². The second kappa shape index (κ2) is 3.18. The fraction of sp³-hybridized carbons (Fsp3) is 1.00. The fourth-order valence-electron chi connectivity index (χ4n) is 0.352. The minimum atomic E-state index is -5.29. The summed E-state index contributed by atoms with van der Waals surface area (Å²) in [6, 6.07) is 0.